The maximum absolute atomic E-state index is 5.83. The van der Waals surface area contributed by atoms with Gasteiger partial charge >= 0.3 is 0 Å². The lowest BCUT2D eigenvalue weighted by atomic mass is 9.72. The van der Waals surface area contributed by atoms with Crippen molar-refractivity contribution < 1.29 is 9.47 Å². The minimum atomic E-state index is -0.194. The molecule has 2 rings (SSSR count). The predicted octanol–water partition coefficient (Wildman–Crippen LogP) is 2.55. The molecule has 0 spiro atoms. The highest BCUT2D eigenvalue weighted by molar-refractivity contribution is 5.38. The average molecular weight is 264 g/mol. The highest BCUT2D eigenvalue weighted by Gasteiger charge is 2.45. The van der Waals surface area contributed by atoms with Crippen LogP contribution in [0, 0.1) is 0 Å². The summed E-state index contributed by atoms with van der Waals surface area (Å²) in [7, 11) is 1.76. The predicted molar refractivity (Wildman–Crippen MR) is 75.9 cm³/mol. The summed E-state index contributed by atoms with van der Waals surface area (Å²) in [6.45, 7) is 2.82. The quantitative estimate of drug-likeness (QED) is 0.587. The molecule has 106 valence electrons. The minimum Gasteiger partial charge on any atom is -0.493 e. The summed E-state index contributed by atoms with van der Waals surface area (Å²) in [4.78, 5) is 0. The molecule has 1 atom stereocenters. The van der Waals surface area contributed by atoms with Gasteiger partial charge in [0.2, 0.25) is 0 Å². The molecule has 4 nitrogen and oxygen atoms in total. The molecule has 1 aromatic carbocycles. The first-order chi connectivity index (χ1) is 9.27. The first kappa shape index (κ1) is 14.3. The van der Waals surface area contributed by atoms with E-state index >= 15 is 0 Å². The third-order valence-electron chi connectivity index (χ3n) is 3.99. The molecule has 0 heterocycles. The number of nitrogens with two attached hydrogens (primary N) is 1. The van der Waals surface area contributed by atoms with Crippen molar-refractivity contribution in [3.63, 3.8) is 0 Å². The Kier molecular flexibility index (Phi) is 4.80. The van der Waals surface area contributed by atoms with Gasteiger partial charge in [0.05, 0.1) is 18.2 Å². The van der Waals surface area contributed by atoms with Gasteiger partial charge in [-0.3, -0.25) is 5.84 Å². The molecule has 0 aromatic heterocycles. The Hall–Kier alpha value is -1.10. The van der Waals surface area contributed by atoms with Crippen LogP contribution in [-0.2, 0) is 4.74 Å². The molecule has 1 aliphatic rings. The van der Waals surface area contributed by atoms with Crippen molar-refractivity contribution >= 4 is 0 Å². The number of nitrogens with one attached hydrogen (secondary N) is 1. The second kappa shape index (κ2) is 6.37. The number of hydrogen-bond acceptors (Lipinski definition) is 4. The van der Waals surface area contributed by atoms with E-state index in [2.05, 4.69) is 18.4 Å². The van der Waals surface area contributed by atoms with Crippen LogP contribution in [0.3, 0.4) is 0 Å². The number of rotatable bonds is 7. The molecule has 0 aliphatic heterocycles. The van der Waals surface area contributed by atoms with E-state index < -0.39 is 0 Å². The normalized spacial score (nSPS) is 18.7. The highest BCUT2D eigenvalue weighted by atomic mass is 16.5. The molecule has 3 N–H and O–H groups in total. The van der Waals surface area contributed by atoms with Gasteiger partial charge in [0.1, 0.15) is 5.75 Å². The Morgan fingerprint density at radius 2 is 2.11 bits per heavy atom. The lowest BCUT2D eigenvalue weighted by Gasteiger charge is -2.46. The monoisotopic (exact) mass is 264 g/mol. The third kappa shape index (κ3) is 2.76. The molecule has 1 aromatic rings. The maximum Gasteiger partial charge on any atom is 0.124 e. The molecule has 1 aliphatic carbocycles. The molecule has 0 bridgehead atoms. The van der Waals surface area contributed by atoms with Gasteiger partial charge < -0.3 is 9.47 Å². The van der Waals surface area contributed by atoms with Crippen molar-refractivity contribution in [1.82, 2.24) is 5.43 Å². The van der Waals surface area contributed by atoms with Gasteiger partial charge in [-0.05, 0) is 31.7 Å². The molecular formula is C15H24N2O2. The van der Waals surface area contributed by atoms with Crippen LogP contribution in [0.25, 0.3) is 0 Å². The standard InChI is InChI=1S/C15H24N2O2/c1-3-11-19-13-8-5-4-7-12(13)14(17-16)15(18-2)9-6-10-15/h4-5,7-8,14,17H,3,6,9-11,16H2,1-2H3. The fourth-order valence-electron chi connectivity index (χ4n) is 2.72. The molecule has 0 amide bonds. The van der Waals surface area contributed by atoms with Crippen LogP contribution in [0.1, 0.15) is 44.2 Å². The number of benzene rings is 1. The van der Waals surface area contributed by atoms with Gasteiger partial charge in [0.15, 0.2) is 0 Å². The van der Waals surface area contributed by atoms with Crippen LogP contribution in [0.2, 0.25) is 0 Å². The average Bonchev–Trinajstić information content (AvgIpc) is 2.41. The van der Waals surface area contributed by atoms with E-state index in [-0.39, 0.29) is 11.6 Å². The number of hydrogen-bond donors (Lipinski definition) is 2. The van der Waals surface area contributed by atoms with Gasteiger partial charge in [-0.2, -0.15) is 0 Å². The van der Waals surface area contributed by atoms with E-state index in [1.807, 2.05) is 18.2 Å². The summed E-state index contributed by atoms with van der Waals surface area (Å²) >= 11 is 0. The lowest BCUT2D eigenvalue weighted by Crippen LogP contribution is -2.52. The zero-order valence-corrected chi connectivity index (χ0v) is 11.8. The first-order valence-corrected chi connectivity index (χ1v) is 7.00. The van der Waals surface area contributed by atoms with E-state index in [0.717, 1.165) is 30.6 Å². The topological polar surface area (TPSA) is 56.5 Å². The van der Waals surface area contributed by atoms with Crippen LogP contribution in [-0.4, -0.2) is 19.3 Å². The summed E-state index contributed by atoms with van der Waals surface area (Å²) in [6.07, 6.45) is 4.23. The fourth-order valence-corrected chi connectivity index (χ4v) is 2.72. The summed E-state index contributed by atoms with van der Waals surface area (Å²) in [5, 5.41) is 0. The van der Waals surface area contributed by atoms with Crippen molar-refractivity contribution in [2.24, 2.45) is 5.84 Å². The molecule has 0 radical (unpaired) electrons. The van der Waals surface area contributed by atoms with E-state index in [0.29, 0.717) is 6.61 Å². The van der Waals surface area contributed by atoms with E-state index in [1.54, 1.807) is 7.11 Å². The Morgan fingerprint density at radius 3 is 2.63 bits per heavy atom. The third-order valence-corrected chi connectivity index (χ3v) is 3.99. The fraction of sp³-hybridized carbons (Fsp3) is 0.600. The SMILES string of the molecule is CCCOc1ccccc1C(NN)C1(OC)CCC1. The van der Waals surface area contributed by atoms with Crippen LogP contribution in [0.5, 0.6) is 5.75 Å². The second-order valence-corrected chi connectivity index (χ2v) is 5.11. The van der Waals surface area contributed by atoms with Gasteiger partial charge in [-0.1, -0.05) is 25.1 Å². The Labute approximate surface area is 115 Å². The van der Waals surface area contributed by atoms with Crippen LogP contribution in [0.15, 0.2) is 24.3 Å². The summed E-state index contributed by atoms with van der Waals surface area (Å²) in [5.74, 6) is 6.69. The molecule has 1 unspecified atom stereocenters. The van der Waals surface area contributed by atoms with Crippen molar-refractivity contribution in [3.05, 3.63) is 29.8 Å². The molecule has 1 saturated carbocycles. The van der Waals surface area contributed by atoms with Crippen molar-refractivity contribution in [3.8, 4) is 5.75 Å². The second-order valence-electron chi connectivity index (χ2n) is 5.11. The van der Waals surface area contributed by atoms with Crippen molar-refractivity contribution in [2.45, 2.75) is 44.2 Å². The van der Waals surface area contributed by atoms with E-state index in [9.17, 15) is 0 Å². The van der Waals surface area contributed by atoms with Crippen LogP contribution >= 0.6 is 0 Å². The molecular weight excluding hydrogens is 240 g/mol. The Bertz CT molecular complexity index is 399. The van der Waals surface area contributed by atoms with E-state index in [4.69, 9.17) is 15.3 Å². The Morgan fingerprint density at radius 1 is 1.37 bits per heavy atom. The molecule has 1 fully saturated rings. The summed E-state index contributed by atoms with van der Waals surface area (Å²) < 4.78 is 11.6. The van der Waals surface area contributed by atoms with Crippen LogP contribution in [0.4, 0.5) is 0 Å². The van der Waals surface area contributed by atoms with Crippen LogP contribution < -0.4 is 16.0 Å². The largest absolute Gasteiger partial charge is 0.493 e. The minimum absolute atomic E-state index is 0.0284. The smallest absolute Gasteiger partial charge is 0.124 e. The molecule has 0 saturated heterocycles. The summed E-state index contributed by atoms with van der Waals surface area (Å²) in [5.41, 5.74) is 3.81. The zero-order chi connectivity index (χ0) is 13.7. The van der Waals surface area contributed by atoms with Gasteiger partial charge in [-0.15, -0.1) is 0 Å². The molecule has 4 heteroatoms. The van der Waals surface area contributed by atoms with E-state index in [1.165, 1.54) is 6.42 Å². The zero-order valence-electron chi connectivity index (χ0n) is 11.8. The Balaban J connectivity index is 2.27. The number of para-hydroxylation sites is 1. The van der Waals surface area contributed by atoms with Gasteiger partial charge in [0, 0.05) is 12.7 Å². The first-order valence-electron chi connectivity index (χ1n) is 7.00. The lowest BCUT2D eigenvalue weighted by molar-refractivity contribution is -0.100. The van der Waals surface area contributed by atoms with Crippen molar-refractivity contribution in [1.29, 1.82) is 0 Å². The summed E-state index contributed by atoms with van der Waals surface area (Å²) in [6, 6.07) is 8.04. The van der Waals surface area contributed by atoms with Gasteiger partial charge in [-0.25, -0.2) is 5.43 Å². The maximum atomic E-state index is 5.83. The van der Waals surface area contributed by atoms with Crippen molar-refractivity contribution in [2.75, 3.05) is 13.7 Å². The van der Waals surface area contributed by atoms with Gasteiger partial charge in [0.25, 0.3) is 0 Å². The molecule has 19 heavy (non-hydrogen) atoms. The number of hydrazine groups is 1. The number of methoxy groups -OCH3 is 1. The number of ether oxygens (including phenoxy) is 2. The highest BCUT2D eigenvalue weighted by Crippen LogP contribution is 2.46.